The van der Waals surface area contributed by atoms with Crippen molar-refractivity contribution in [2.75, 3.05) is 11.6 Å². The van der Waals surface area contributed by atoms with Crippen molar-refractivity contribution in [1.82, 2.24) is 0 Å². The zero-order chi connectivity index (χ0) is 15.4. The van der Waals surface area contributed by atoms with Crippen LogP contribution in [0.4, 0.5) is 0 Å². The Labute approximate surface area is 128 Å². The SMILES string of the molecule is Cc1ccc(CC(CCl)CCS(=O)(=O)C(C)(C)C)cc1. The molecule has 1 unspecified atom stereocenters. The van der Waals surface area contributed by atoms with Gasteiger partial charge in [0.25, 0.3) is 0 Å². The van der Waals surface area contributed by atoms with Crippen LogP contribution in [0.15, 0.2) is 24.3 Å². The van der Waals surface area contributed by atoms with Gasteiger partial charge in [-0.15, -0.1) is 11.6 Å². The second-order valence-corrected chi connectivity index (χ2v) is 9.60. The largest absolute Gasteiger partial charge is 0.228 e. The molecule has 0 heterocycles. The molecule has 0 bridgehead atoms. The lowest BCUT2D eigenvalue weighted by Crippen LogP contribution is -2.31. The van der Waals surface area contributed by atoms with Crippen LogP contribution in [0, 0.1) is 12.8 Å². The van der Waals surface area contributed by atoms with E-state index in [-0.39, 0.29) is 11.7 Å². The number of hydrogen-bond donors (Lipinski definition) is 0. The van der Waals surface area contributed by atoms with Crippen molar-refractivity contribution in [3.05, 3.63) is 35.4 Å². The predicted octanol–water partition coefficient (Wildman–Crippen LogP) is 4.00. The number of rotatable bonds is 6. The molecular formula is C16H25ClO2S. The van der Waals surface area contributed by atoms with E-state index in [1.807, 2.05) is 0 Å². The number of sulfone groups is 1. The Morgan fingerprint density at radius 2 is 1.70 bits per heavy atom. The maximum atomic E-state index is 12.1. The summed E-state index contributed by atoms with van der Waals surface area (Å²) < 4.78 is 23.6. The molecule has 0 saturated heterocycles. The topological polar surface area (TPSA) is 34.1 Å². The van der Waals surface area contributed by atoms with Gasteiger partial charge in [-0.25, -0.2) is 8.42 Å². The maximum Gasteiger partial charge on any atom is 0.155 e. The second-order valence-electron chi connectivity index (χ2n) is 6.43. The molecule has 20 heavy (non-hydrogen) atoms. The first-order chi connectivity index (χ1) is 9.15. The molecule has 1 rings (SSSR count). The average Bonchev–Trinajstić information content (AvgIpc) is 2.35. The normalized spacial score (nSPS) is 14.2. The van der Waals surface area contributed by atoms with Crippen LogP contribution >= 0.6 is 11.6 Å². The van der Waals surface area contributed by atoms with Gasteiger partial charge in [0, 0.05) is 5.88 Å². The lowest BCUT2D eigenvalue weighted by Gasteiger charge is -2.21. The van der Waals surface area contributed by atoms with Crippen molar-refractivity contribution in [3.63, 3.8) is 0 Å². The number of halogens is 1. The molecule has 114 valence electrons. The highest BCUT2D eigenvalue weighted by Crippen LogP contribution is 2.21. The van der Waals surface area contributed by atoms with E-state index < -0.39 is 14.6 Å². The smallest absolute Gasteiger partial charge is 0.155 e. The van der Waals surface area contributed by atoms with E-state index in [1.54, 1.807) is 20.8 Å². The van der Waals surface area contributed by atoms with Crippen LogP contribution < -0.4 is 0 Å². The average molecular weight is 317 g/mol. The first kappa shape index (κ1) is 17.5. The molecule has 2 nitrogen and oxygen atoms in total. The second kappa shape index (κ2) is 6.95. The highest BCUT2D eigenvalue weighted by molar-refractivity contribution is 7.92. The molecule has 0 fully saturated rings. The molecule has 0 amide bonds. The Morgan fingerprint density at radius 1 is 1.15 bits per heavy atom. The minimum Gasteiger partial charge on any atom is -0.228 e. The summed E-state index contributed by atoms with van der Waals surface area (Å²) in [5, 5.41) is 0. The standard InChI is InChI=1S/C16H25ClO2S/c1-13-5-7-14(8-6-13)11-15(12-17)9-10-20(18,19)16(2,3)4/h5-8,15H,9-12H2,1-4H3. The summed E-state index contributed by atoms with van der Waals surface area (Å²) in [5.41, 5.74) is 2.45. The fourth-order valence-corrected chi connectivity index (χ4v) is 3.44. The monoisotopic (exact) mass is 316 g/mol. The molecule has 0 radical (unpaired) electrons. The van der Waals surface area contributed by atoms with E-state index in [2.05, 4.69) is 31.2 Å². The van der Waals surface area contributed by atoms with Crippen molar-refractivity contribution in [2.24, 2.45) is 5.92 Å². The first-order valence-electron chi connectivity index (χ1n) is 6.99. The fourth-order valence-electron chi connectivity index (χ4n) is 1.92. The maximum absolute atomic E-state index is 12.1. The molecule has 0 spiro atoms. The van der Waals surface area contributed by atoms with Crippen LogP contribution in [-0.4, -0.2) is 24.8 Å². The van der Waals surface area contributed by atoms with Gasteiger partial charge < -0.3 is 0 Å². The Balaban J connectivity index is 2.63. The molecule has 1 aromatic rings. The molecule has 1 aromatic carbocycles. The zero-order valence-corrected chi connectivity index (χ0v) is 14.4. The molecule has 4 heteroatoms. The van der Waals surface area contributed by atoms with E-state index >= 15 is 0 Å². The molecule has 0 aromatic heterocycles. The van der Waals surface area contributed by atoms with Gasteiger partial charge in [0.05, 0.1) is 10.5 Å². The molecule has 1 atom stereocenters. The van der Waals surface area contributed by atoms with Gasteiger partial charge >= 0.3 is 0 Å². The fraction of sp³-hybridized carbons (Fsp3) is 0.625. The number of hydrogen-bond acceptors (Lipinski definition) is 2. The van der Waals surface area contributed by atoms with Crippen LogP contribution in [0.25, 0.3) is 0 Å². The van der Waals surface area contributed by atoms with Crippen molar-refractivity contribution in [2.45, 2.75) is 45.3 Å². The van der Waals surface area contributed by atoms with Crippen LogP contribution in [0.3, 0.4) is 0 Å². The van der Waals surface area contributed by atoms with E-state index in [1.165, 1.54) is 11.1 Å². The predicted molar refractivity (Wildman–Crippen MR) is 87.2 cm³/mol. The third-order valence-electron chi connectivity index (χ3n) is 3.59. The van der Waals surface area contributed by atoms with Gasteiger partial charge in [-0.1, -0.05) is 29.8 Å². The Kier molecular flexibility index (Phi) is 6.08. The molecule has 0 N–H and O–H groups in total. The van der Waals surface area contributed by atoms with Crippen molar-refractivity contribution < 1.29 is 8.42 Å². The van der Waals surface area contributed by atoms with E-state index in [9.17, 15) is 8.42 Å². The summed E-state index contributed by atoms with van der Waals surface area (Å²) in [6, 6.07) is 8.33. The van der Waals surface area contributed by atoms with Gasteiger partial charge in [-0.2, -0.15) is 0 Å². The number of benzene rings is 1. The number of aryl methyl sites for hydroxylation is 1. The highest BCUT2D eigenvalue weighted by Gasteiger charge is 2.29. The minimum absolute atomic E-state index is 0.205. The van der Waals surface area contributed by atoms with Crippen molar-refractivity contribution in [1.29, 1.82) is 0 Å². The molecular weight excluding hydrogens is 292 g/mol. The van der Waals surface area contributed by atoms with Gasteiger partial charge in [-0.05, 0) is 52.0 Å². The van der Waals surface area contributed by atoms with Crippen LogP contribution in [0.5, 0.6) is 0 Å². The highest BCUT2D eigenvalue weighted by atomic mass is 35.5. The Bertz CT molecular complexity index is 512. The third-order valence-corrected chi connectivity index (χ3v) is 6.67. The lowest BCUT2D eigenvalue weighted by atomic mass is 9.98. The summed E-state index contributed by atoms with van der Waals surface area (Å²) in [7, 11) is -3.06. The summed E-state index contributed by atoms with van der Waals surface area (Å²) in [5.74, 6) is 0.907. The van der Waals surface area contributed by atoms with Gasteiger partial charge in [0.2, 0.25) is 0 Å². The van der Waals surface area contributed by atoms with Crippen molar-refractivity contribution in [3.8, 4) is 0 Å². The van der Waals surface area contributed by atoms with Crippen LogP contribution in [-0.2, 0) is 16.3 Å². The summed E-state index contributed by atoms with van der Waals surface area (Å²) in [4.78, 5) is 0. The van der Waals surface area contributed by atoms with Crippen LogP contribution in [0.2, 0.25) is 0 Å². The van der Waals surface area contributed by atoms with E-state index in [4.69, 9.17) is 11.6 Å². The number of alkyl halides is 1. The molecule has 0 aliphatic heterocycles. The molecule has 0 aliphatic rings. The summed E-state index contributed by atoms with van der Waals surface area (Å²) in [6.45, 7) is 7.30. The minimum atomic E-state index is -3.06. The van der Waals surface area contributed by atoms with Crippen LogP contribution in [0.1, 0.15) is 38.3 Å². The first-order valence-corrected chi connectivity index (χ1v) is 9.18. The van der Waals surface area contributed by atoms with Gasteiger partial charge in [-0.3, -0.25) is 0 Å². The Morgan fingerprint density at radius 3 is 2.15 bits per heavy atom. The summed E-state index contributed by atoms with van der Waals surface area (Å²) >= 11 is 6.00. The third kappa shape index (κ3) is 5.10. The lowest BCUT2D eigenvalue weighted by molar-refractivity contribution is 0.529. The van der Waals surface area contributed by atoms with E-state index in [0.717, 1.165) is 6.42 Å². The zero-order valence-electron chi connectivity index (χ0n) is 12.8. The Hall–Kier alpha value is -0.540. The quantitative estimate of drug-likeness (QED) is 0.743. The summed E-state index contributed by atoms with van der Waals surface area (Å²) in [6.07, 6.45) is 1.46. The molecule has 0 aliphatic carbocycles. The van der Waals surface area contributed by atoms with Gasteiger partial charge in [0.1, 0.15) is 0 Å². The van der Waals surface area contributed by atoms with Crippen molar-refractivity contribution >= 4 is 21.4 Å². The van der Waals surface area contributed by atoms with Gasteiger partial charge in [0.15, 0.2) is 9.84 Å². The molecule has 0 saturated carbocycles. The van der Waals surface area contributed by atoms with E-state index in [0.29, 0.717) is 12.3 Å².